The van der Waals surface area contributed by atoms with E-state index in [1.807, 2.05) is 0 Å². The SMILES string of the molecule is c1ccc2c(c1)CCC1=C2CCNC1. The van der Waals surface area contributed by atoms with Gasteiger partial charge in [-0.15, -0.1) is 0 Å². The summed E-state index contributed by atoms with van der Waals surface area (Å²) in [4.78, 5) is 0. The average molecular weight is 185 g/mol. The molecule has 72 valence electrons. The zero-order valence-corrected chi connectivity index (χ0v) is 8.34. The van der Waals surface area contributed by atoms with E-state index in [0.717, 1.165) is 13.1 Å². The van der Waals surface area contributed by atoms with Crippen LogP contribution in [0, 0.1) is 0 Å². The van der Waals surface area contributed by atoms with Crippen molar-refractivity contribution in [3.63, 3.8) is 0 Å². The van der Waals surface area contributed by atoms with Crippen LogP contribution in [0.25, 0.3) is 5.57 Å². The van der Waals surface area contributed by atoms with Gasteiger partial charge in [0.25, 0.3) is 0 Å². The topological polar surface area (TPSA) is 12.0 Å². The molecule has 1 aromatic rings. The molecule has 0 fully saturated rings. The molecule has 0 saturated heterocycles. The molecule has 0 aromatic heterocycles. The number of hydrogen-bond acceptors (Lipinski definition) is 1. The third kappa shape index (κ3) is 1.20. The first kappa shape index (κ1) is 8.25. The molecule has 1 aliphatic heterocycles. The van der Waals surface area contributed by atoms with Gasteiger partial charge in [-0.2, -0.15) is 0 Å². The van der Waals surface area contributed by atoms with E-state index in [2.05, 4.69) is 29.6 Å². The normalized spacial score (nSPS) is 20.3. The zero-order chi connectivity index (χ0) is 9.38. The standard InChI is InChI=1S/C13H15N/c1-2-4-12-10(3-1)5-6-11-9-14-8-7-13(11)12/h1-4,14H,5-9H2. The van der Waals surface area contributed by atoms with Crippen LogP contribution in [0.3, 0.4) is 0 Å². The maximum absolute atomic E-state index is 3.46. The van der Waals surface area contributed by atoms with E-state index in [0.29, 0.717) is 0 Å². The Labute approximate surface area is 84.8 Å². The number of hydrogen-bond donors (Lipinski definition) is 1. The molecule has 0 amide bonds. The van der Waals surface area contributed by atoms with Gasteiger partial charge in [0.1, 0.15) is 0 Å². The summed E-state index contributed by atoms with van der Waals surface area (Å²) in [6.45, 7) is 2.26. The Morgan fingerprint density at radius 3 is 2.93 bits per heavy atom. The summed E-state index contributed by atoms with van der Waals surface area (Å²) in [5, 5.41) is 3.46. The van der Waals surface area contributed by atoms with E-state index in [1.165, 1.54) is 24.8 Å². The fourth-order valence-electron chi connectivity index (χ4n) is 2.62. The fourth-order valence-corrected chi connectivity index (χ4v) is 2.62. The maximum atomic E-state index is 3.46. The molecule has 1 aliphatic carbocycles. The van der Waals surface area contributed by atoms with E-state index < -0.39 is 0 Å². The lowest BCUT2D eigenvalue weighted by atomic mass is 9.83. The molecule has 0 atom stereocenters. The van der Waals surface area contributed by atoms with Crippen LogP contribution in [-0.4, -0.2) is 13.1 Å². The molecule has 1 heterocycles. The van der Waals surface area contributed by atoms with E-state index in [-0.39, 0.29) is 0 Å². The molecule has 0 spiro atoms. The second-order valence-electron chi connectivity index (χ2n) is 4.17. The van der Waals surface area contributed by atoms with Crippen LogP contribution in [0.1, 0.15) is 24.0 Å². The molecule has 1 heteroatoms. The number of nitrogens with one attached hydrogen (secondary N) is 1. The minimum absolute atomic E-state index is 1.11. The highest BCUT2D eigenvalue weighted by atomic mass is 14.9. The van der Waals surface area contributed by atoms with Crippen molar-refractivity contribution in [2.45, 2.75) is 19.3 Å². The first-order valence-electron chi connectivity index (χ1n) is 5.45. The van der Waals surface area contributed by atoms with Crippen molar-refractivity contribution in [1.82, 2.24) is 5.32 Å². The van der Waals surface area contributed by atoms with Crippen molar-refractivity contribution >= 4 is 5.57 Å². The summed E-state index contributed by atoms with van der Waals surface area (Å²) in [6.07, 6.45) is 3.71. The first-order valence-corrected chi connectivity index (χ1v) is 5.45. The van der Waals surface area contributed by atoms with Crippen LogP contribution < -0.4 is 5.32 Å². The van der Waals surface area contributed by atoms with E-state index in [9.17, 15) is 0 Å². The molecule has 1 aromatic carbocycles. The molecule has 3 rings (SSSR count). The van der Waals surface area contributed by atoms with E-state index in [4.69, 9.17) is 0 Å². The molecule has 0 saturated carbocycles. The molecule has 14 heavy (non-hydrogen) atoms. The Morgan fingerprint density at radius 1 is 1.00 bits per heavy atom. The molecule has 1 nitrogen and oxygen atoms in total. The van der Waals surface area contributed by atoms with Gasteiger partial charge >= 0.3 is 0 Å². The third-order valence-corrected chi connectivity index (χ3v) is 3.36. The van der Waals surface area contributed by atoms with Crippen molar-refractivity contribution in [2.24, 2.45) is 0 Å². The summed E-state index contributed by atoms with van der Waals surface area (Å²) in [5.74, 6) is 0. The fraction of sp³-hybridized carbons (Fsp3) is 0.385. The highest BCUT2D eigenvalue weighted by Crippen LogP contribution is 2.34. The highest BCUT2D eigenvalue weighted by Gasteiger charge is 2.20. The predicted octanol–water partition coefficient (Wildman–Crippen LogP) is 2.38. The molecular formula is C13H15N. The lowest BCUT2D eigenvalue weighted by Gasteiger charge is -2.27. The minimum Gasteiger partial charge on any atom is -0.313 e. The molecule has 1 N–H and O–H groups in total. The molecule has 2 aliphatic rings. The van der Waals surface area contributed by atoms with Crippen LogP contribution in [-0.2, 0) is 6.42 Å². The van der Waals surface area contributed by atoms with Crippen molar-refractivity contribution in [3.05, 3.63) is 41.0 Å². The number of aryl methyl sites for hydroxylation is 1. The first-order chi connectivity index (χ1) is 6.95. The molecule has 0 unspecified atom stereocenters. The second-order valence-corrected chi connectivity index (χ2v) is 4.17. The van der Waals surface area contributed by atoms with Gasteiger partial charge in [0.2, 0.25) is 0 Å². The Bertz CT molecular complexity index is 390. The Morgan fingerprint density at radius 2 is 1.93 bits per heavy atom. The zero-order valence-electron chi connectivity index (χ0n) is 8.34. The van der Waals surface area contributed by atoms with Crippen LogP contribution in [0.4, 0.5) is 0 Å². The van der Waals surface area contributed by atoms with E-state index in [1.54, 1.807) is 16.7 Å². The van der Waals surface area contributed by atoms with Gasteiger partial charge in [0.15, 0.2) is 0 Å². The third-order valence-electron chi connectivity index (χ3n) is 3.36. The van der Waals surface area contributed by atoms with Gasteiger partial charge in [-0.05, 0) is 42.5 Å². The Balaban J connectivity index is 2.13. The van der Waals surface area contributed by atoms with Crippen molar-refractivity contribution in [3.8, 4) is 0 Å². The largest absolute Gasteiger partial charge is 0.313 e. The predicted molar refractivity (Wildman–Crippen MR) is 59.2 cm³/mol. The van der Waals surface area contributed by atoms with Gasteiger partial charge in [-0.3, -0.25) is 0 Å². The molecular weight excluding hydrogens is 170 g/mol. The lowest BCUT2D eigenvalue weighted by molar-refractivity contribution is 0.678. The van der Waals surface area contributed by atoms with Crippen molar-refractivity contribution < 1.29 is 0 Å². The van der Waals surface area contributed by atoms with Crippen molar-refractivity contribution in [2.75, 3.05) is 13.1 Å². The maximum Gasteiger partial charge on any atom is 0.0170 e. The summed E-state index contributed by atoms with van der Waals surface area (Å²) in [5.41, 5.74) is 6.35. The monoisotopic (exact) mass is 185 g/mol. The smallest absolute Gasteiger partial charge is 0.0170 e. The summed E-state index contributed by atoms with van der Waals surface area (Å²) in [6, 6.07) is 8.89. The van der Waals surface area contributed by atoms with Crippen LogP contribution in [0.15, 0.2) is 29.8 Å². The van der Waals surface area contributed by atoms with Crippen molar-refractivity contribution in [1.29, 1.82) is 0 Å². The highest BCUT2D eigenvalue weighted by molar-refractivity contribution is 5.74. The minimum atomic E-state index is 1.11. The quantitative estimate of drug-likeness (QED) is 0.654. The molecule has 0 bridgehead atoms. The van der Waals surface area contributed by atoms with Crippen LogP contribution in [0.2, 0.25) is 0 Å². The van der Waals surface area contributed by atoms with Crippen LogP contribution >= 0.6 is 0 Å². The average Bonchev–Trinajstić information content (AvgIpc) is 2.29. The van der Waals surface area contributed by atoms with Crippen LogP contribution in [0.5, 0.6) is 0 Å². The Hall–Kier alpha value is -1.08. The summed E-state index contributed by atoms with van der Waals surface area (Å²) < 4.78 is 0. The number of rotatable bonds is 0. The summed E-state index contributed by atoms with van der Waals surface area (Å²) in [7, 11) is 0. The Kier molecular flexibility index (Phi) is 1.91. The van der Waals surface area contributed by atoms with E-state index >= 15 is 0 Å². The second kappa shape index (κ2) is 3.25. The number of benzene rings is 1. The van der Waals surface area contributed by atoms with Gasteiger partial charge in [0, 0.05) is 6.54 Å². The number of fused-ring (bicyclic) bond motifs is 2. The summed E-state index contributed by atoms with van der Waals surface area (Å²) >= 11 is 0. The van der Waals surface area contributed by atoms with Gasteiger partial charge < -0.3 is 5.32 Å². The van der Waals surface area contributed by atoms with Gasteiger partial charge in [-0.1, -0.05) is 29.8 Å². The van der Waals surface area contributed by atoms with Gasteiger partial charge in [-0.25, -0.2) is 0 Å². The van der Waals surface area contributed by atoms with Gasteiger partial charge in [0.05, 0.1) is 0 Å². The molecule has 0 radical (unpaired) electrons. The lowest BCUT2D eigenvalue weighted by Crippen LogP contribution is -2.26.